The van der Waals surface area contributed by atoms with E-state index in [0.29, 0.717) is 6.61 Å². The number of aryl methyl sites for hydroxylation is 1. The Balaban J connectivity index is 2.97. The quantitative estimate of drug-likeness (QED) is 0.565. The van der Waals surface area contributed by atoms with Crippen LogP contribution in [0.1, 0.15) is 24.0 Å². The lowest BCUT2D eigenvalue weighted by Crippen LogP contribution is -2.04. The molecule has 0 bridgehead atoms. The van der Waals surface area contributed by atoms with Crippen molar-refractivity contribution in [1.29, 1.82) is 0 Å². The standard InChI is InChI=1S/C11H15NO3/c1-8-6-10(12(13)14)4-5-11(8)9(2)7-15-3/h4-6,9H,7H2,1-3H3. The summed E-state index contributed by atoms with van der Waals surface area (Å²) in [5.74, 6) is 0.260. The number of methoxy groups -OCH3 is 1. The molecule has 82 valence electrons. The number of benzene rings is 1. The van der Waals surface area contributed by atoms with Gasteiger partial charge in [-0.2, -0.15) is 0 Å². The van der Waals surface area contributed by atoms with E-state index in [4.69, 9.17) is 4.74 Å². The minimum Gasteiger partial charge on any atom is -0.384 e. The molecule has 0 amide bonds. The second-order valence-electron chi connectivity index (χ2n) is 3.65. The first-order valence-electron chi connectivity index (χ1n) is 4.80. The average molecular weight is 209 g/mol. The molecule has 15 heavy (non-hydrogen) atoms. The molecule has 4 nitrogen and oxygen atoms in total. The Morgan fingerprint density at radius 3 is 2.67 bits per heavy atom. The van der Waals surface area contributed by atoms with Crippen molar-refractivity contribution in [3.05, 3.63) is 39.4 Å². The Hall–Kier alpha value is -1.42. The maximum atomic E-state index is 10.5. The normalized spacial score (nSPS) is 12.5. The largest absolute Gasteiger partial charge is 0.384 e. The fraction of sp³-hybridized carbons (Fsp3) is 0.455. The van der Waals surface area contributed by atoms with Gasteiger partial charge in [-0.15, -0.1) is 0 Å². The molecule has 0 aliphatic carbocycles. The van der Waals surface area contributed by atoms with Crippen molar-refractivity contribution >= 4 is 5.69 Å². The Kier molecular flexibility index (Phi) is 3.80. The number of hydrogen-bond donors (Lipinski definition) is 0. The van der Waals surface area contributed by atoms with Gasteiger partial charge in [-0.3, -0.25) is 10.1 Å². The number of nitro groups is 1. The van der Waals surface area contributed by atoms with Crippen LogP contribution < -0.4 is 0 Å². The van der Waals surface area contributed by atoms with Crippen LogP contribution in [0.25, 0.3) is 0 Å². The number of ether oxygens (including phenoxy) is 1. The molecule has 0 fully saturated rings. The molecule has 0 aliphatic heterocycles. The molecule has 0 spiro atoms. The first-order valence-corrected chi connectivity index (χ1v) is 4.80. The Bertz CT molecular complexity index is 363. The molecule has 0 saturated heterocycles. The average Bonchev–Trinajstić information content (AvgIpc) is 2.17. The van der Waals surface area contributed by atoms with Gasteiger partial charge in [-0.05, 0) is 18.1 Å². The maximum absolute atomic E-state index is 10.5. The van der Waals surface area contributed by atoms with Gasteiger partial charge < -0.3 is 4.74 Å². The molecule has 0 aromatic heterocycles. The Labute approximate surface area is 89.0 Å². The van der Waals surface area contributed by atoms with E-state index >= 15 is 0 Å². The molecular formula is C11H15NO3. The van der Waals surface area contributed by atoms with E-state index in [1.165, 1.54) is 6.07 Å². The third-order valence-corrected chi connectivity index (χ3v) is 2.41. The van der Waals surface area contributed by atoms with Crippen LogP contribution in [-0.2, 0) is 4.74 Å². The van der Waals surface area contributed by atoms with Crippen LogP contribution in [0.4, 0.5) is 5.69 Å². The highest BCUT2D eigenvalue weighted by Crippen LogP contribution is 2.23. The topological polar surface area (TPSA) is 52.4 Å². The molecule has 1 aromatic carbocycles. The van der Waals surface area contributed by atoms with Gasteiger partial charge in [0.15, 0.2) is 0 Å². The summed E-state index contributed by atoms with van der Waals surface area (Å²) in [4.78, 5) is 10.2. The SMILES string of the molecule is COCC(C)c1ccc([N+](=O)[O-])cc1C. The molecule has 1 unspecified atom stereocenters. The monoisotopic (exact) mass is 209 g/mol. The number of non-ortho nitro benzene ring substituents is 1. The van der Waals surface area contributed by atoms with Crippen LogP contribution >= 0.6 is 0 Å². The predicted molar refractivity (Wildman–Crippen MR) is 58.1 cm³/mol. The number of nitrogens with zero attached hydrogens (tertiary/aromatic N) is 1. The molecule has 1 aromatic rings. The number of nitro benzene ring substituents is 1. The zero-order chi connectivity index (χ0) is 11.4. The summed E-state index contributed by atoms with van der Waals surface area (Å²) in [5.41, 5.74) is 2.18. The molecule has 0 aliphatic rings. The second-order valence-corrected chi connectivity index (χ2v) is 3.65. The Morgan fingerprint density at radius 2 is 2.20 bits per heavy atom. The fourth-order valence-corrected chi connectivity index (χ4v) is 1.67. The molecule has 0 radical (unpaired) electrons. The van der Waals surface area contributed by atoms with Crippen LogP contribution in [0.5, 0.6) is 0 Å². The van der Waals surface area contributed by atoms with E-state index in [1.54, 1.807) is 19.2 Å². The van der Waals surface area contributed by atoms with E-state index < -0.39 is 0 Å². The summed E-state index contributed by atoms with van der Waals surface area (Å²) in [7, 11) is 1.65. The maximum Gasteiger partial charge on any atom is 0.269 e. The summed E-state index contributed by atoms with van der Waals surface area (Å²) in [6.45, 7) is 4.55. The summed E-state index contributed by atoms with van der Waals surface area (Å²) in [6, 6.07) is 4.94. The number of rotatable bonds is 4. The van der Waals surface area contributed by atoms with Gasteiger partial charge in [0.25, 0.3) is 5.69 Å². The van der Waals surface area contributed by atoms with E-state index in [2.05, 4.69) is 0 Å². The van der Waals surface area contributed by atoms with Crippen LogP contribution in [0.3, 0.4) is 0 Å². The van der Waals surface area contributed by atoms with Crippen molar-refractivity contribution in [2.75, 3.05) is 13.7 Å². The third kappa shape index (κ3) is 2.76. The Morgan fingerprint density at radius 1 is 1.53 bits per heavy atom. The highest BCUT2D eigenvalue weighted by atomic mass is 16.6. The van der Waals surface area contributed by atoms with Crippen LogP contribution in [0, 0.1) is 17.0 Å². The zero-order valence-corrected chi connectivity index (χ0v) is 9.19. The van der Waals surface area contributed by atoms with Gasteiger partial charge in [0, 0.05) is 25.2 Å². The highest BCUT2D eigenvalue weighted by Gasteiger charge is 2.12. The molecular weight excluding hydrogens is 194 g/mol. The molecule has 0 heterocycles. The lowest BCUT2D eigenvalue weighted by molar-refractivity contribution is -0.384. The van der Waals surface area contributed by atoms with Gasteiger partial charge >= 0.3 is 0 Å². The lowest BCUT2D eigenvalue weighted by Gasteiger charge is -2.13. The molecule has 1 atom stereocenters. The predicted octanol–water partition coefficient (Wildman–Crippen LogP) is 2.65. The molecule has 0 saturated carbocycles. The van der Waals surface area contributed by atoms with Crippen LogP contribution in [0.15, 0.2) is 18.2 Å². The van der Waals surface area contributed by atoms with Gasteiger partial charge in [0.2, 0.25) is 0 Å². The lowest BCUT2D eigenvalue weighted by atomic mass is 9.97. The minimum absolute atomic E-state index is 0.140. The smallest absolute Gasteiger partial charge is 0.269 e. The van der Waals surface area contributed by atoms with Crippen molar-refractivity contribution in [1.82, 2.24) is 0 Å². The first-order chi connectivity index (χ1) is 7.06. The van der Waals surface area contributed by atoms with E-state index in [-0.39, 0.29) is 16.5 Å². The van der Waals surface area contributed by atoms with Gasteiger partial charge in [-0.25, -0.2) is 0 Å². The third-order valence-electron chi connectivity index (χ3n) is 2.41. The van der Waals surface area contributed by atoms with Gasteiger partial charge in [-0.1, -0.05) is 13.0 Å². The zero-order valence-electron chi connectivity index (χ0n) is 9.19. The van der Waals surface area contributed by atoms with Crippen molar-refractivity contribution in [2.24, 2.45) is 0 Å². The van der Waals surface area contributed by atoms with E-state index in [0.717, 1.165) is 11.1 Å². The molecule has 4 heteroatoms. The fourth-order valence-electron chi connectivity index (χ4n) is 1.67. The highest BCUT2D eigenvalue weighted by molar-refractivity contribution is 5.40. The van der Waals surface area contributed by atoms with E-state index in [9.17, 15) is 10.1 Å². The number of hydrogen-bond acceptors (Lipinski definition) is 3. The van der Waals surface area contributed by atoms with Gasteiger partial charge in [0.1, 0.15) is 0 Å². The van der Waals surface area contributed by atoms with Crippen LogP contribution in [-0.4, -0.2) is 18.6 Å². The summed E-state index contributed by atoms with van der Waals surface area (Å²) in [5, 5.41) is 10.5. The van der Waals surface area contributed by atoms with E-state index in [1.807, 2.05) is 13.8 Å². The van der Waals surface area contributed by atoms with Gasteiger partial charge in [0.05, 0.1) is 11.5 Å². The first kappa shape index (κ1) is 11.7. The summed E-state index contributed by atoms with van der Waals surface area (Å²) < 4.78 is 5.06. The summed E-state index contributed by atoms with van der Waals surface area (Å²) in [6.07, 6.45) is 0. The molecule has 1 rings (SSSR count). The van der Waals surface area contributed by atoms with Crippen molar-refractivity contribution in [2.45, 2.75) is 19.8 Å². The van der Waals surface area contributed by atoms with Crippen molar-refractivity contribution < 1.29 is 9.66 Å². The van der Waals surface area contributed by atoms with Crippen molar-refractivity contribution in [3.8, 4) is 0 Å². The molecule has 0 N–H and O–H groups in total. The van der Waals surface area contributed by atoms with Crippen LogP contribution in [0.2, 0.25) is 0 Å². The van der Waals surface area contributed by atoms with Crippen molar-refractivity contribution in [3.63, 3.8) is 0 Å². The minimum atomic E-state index is -0.377. The summed E-state index contributed by atoms with van der Waals surface area (Å²) >= 11 is 0. The second kappa shape index (κ2) is 4.89.